The molecule has 1 unspecified atom stereocenters. The summed E-state index contributed by atoms with van der Waals surface area (Å²) >= 11 is 0. The fraction of sp³-hybridized carbons (Fsp3) is 0.294. The van der Waals surface area contributed by atoms with Crippen LogP contribution >= 0.6 is 0 Å². The molecule has 1 heterocycles. The lowest BCUT2D eigenvalue weighted by atomic mass is 9.77. The summed E-state index contributed by atoms with van der Waals surface area (Å²) in [7, 11) is 2.17. The molecule has 106 valence electrons. The number of nitro groups is 1. The highest BCUT2D eigenvalue weighted by atomic mass is 16.6. The fourth-order valence-corrected chi connectivity index (χ4v) is 3.71. The number of benzene rings is 2. The first-order valence-electron chi connectivity index (χ1n) is 7.25. The van der Waals surface area contributed by atoms with E-state index in [1.165, 1.54) is 22.3 Å². The summed E-state index contributed by atoms with van der Waals surface area (Å²) in [4.78, 5) is 13.1. The molecular weight excluding hydrogens is 264 g/mol. The van der Waals surface area contributed by atoms with Crippen molar-refractivity contribution in [3.05, 3.63) is 63.2 Å². The third-order valence-electron chi connectivity index (χ3n) is 4.80. The normalized spacial score (nSPS) is 19.8. The van der Waals surface area contributed by atoms with Crippen LogP contribution in [0.25, 0.3) is 11.1 Å². The molecule has 4 heteroatoms. The van der Waals surface area contributed by atoms with E-state index in [1.54, 1.807) is 12.1 Å². The van der Waals surface area contributed by atoms with Gasteiger partial charge in [0.15, 0.2) is 0 Å². The second-order valence-electron chi connectivity index (χ2n) is 5.93. The maximum Gasteiger partial charge on any atom is 0.270 e. The van der Waals surface area contributed by atoms with Gasteiger partial charge in [-0.05, 0) is 47.7 Å². The van der Waals surface area contributed by atoms with Gasteiger partial charge in [0, 0.05) is 24.7 Å². The molecule has 0 saturated heterocycles. The molecule has 2 aromatic rings. The number of nitrogens with zero attached hydrogens (tertiary/aromatic N) is 2. The van der Waals surface area contributed by atoms with Crippen LogP contribution < -0.4 is 0 Å². The lowest BCUT2D eigenvalue weighted by Crippen LogP contribution is -2.35. The third-order valence-corrected chi connectivity index (χ3v) is 4.80. The predicted octanol–water partition coefficient (Wildman–Crippen LogP) is 3.35. The zero-order chi connectivity index (χ0) is 14.6. The van der Waals surface area contributed by atoms with Crippen LogP contribution in [0.15, 0.2) is 36.4 Å². The van der Waals surface area contributed by atoms with Crippen LogP contribution in [0, 0.1) is 10.1 Å². The summed E-state index contributed by atoms with van der Waals surface area (Å²) in [5.41, 5.74) is 6.37. The van der Waals surface area contributed by atoms with Gasteiger partial charge in [0.2, 0.25) is 0 Å². The molecule has 0 N–H and O–H groups in total. The summed E-state index contributed by atoms with van der Waals surface area (Å²) in [5, 5.41) is 11.0. The van der Waals surface area contributed by atoms with E-state index in [2.05, 4.69) is 30.1 Å². The number of hydrogen-bond donors (Lipinski definition) is 0. The Kier molecular flexibility index (Phi) is 2.62. The maximum atomic E-state index is 11.0. The Morgan fingerprint density at radius 3 is 2.86 bits per heavy atom. The first-order chi connectivity index (χ1) is 10.1. The lowest BCUT2D eigenvalue weighted by molar-refractivity contribution is -0.384. The molecule has 21 heavy (non-hydrogen) atoms. The minimum Gasteiger partial charge on any atom is -0.299 e. The monoisotopic (exact) mass is 280 g/mol. The molecule has 0 saturated carbocycles. The van der Waals surface area contributed by atoms with Gasteiger partial charge in [-0.15, -0.1) is 0 Å². The van der Waals surface area contributed by atoms with Crippen molar-refractivity contribution in [1.82, 2.24) is 4.90 Å². The lowest BCUT2D eigenvalue weighted by Gasteiger charge is -2.39. The van der Waals surface area contributed by atoms with E-state index < -0.39 is 0 Å². The van der Waals surface area contributed by atoms with E-state index in [4.69, 9.17) is 0 Å². The zero-order valence-corrected chi connectivity index (χ0v) is 11.9. The number of nitro benzene ring substituents is 1. The highest BCUT2D eigenvalue weighted by Gasteiger charge is 2.32. The quantitative estimate of drug-likeness (QED) is 0.594. The van der Waals surface area contributed by atoms with Crippen LogP contribution in [0.2, 0.25) is 0 Å². The standard InChI is InChI=1S/C17H16N2O2/c1-18-8-7-11-3-2-4-14-15-10-13(19(20)21)6-5-12(15)9-16(18)17(11)14/h2-6,10,16H,7-9H2,1H3. The van der Waals surface area contributed by atoms with Gasteiger partial charge in [0.1, 0.15) is 0 Å². The molecular formula is C17H16N2O2. The molecule has 0 radical (unpaired) electrons. The Labute approximate surface area is 123 Å². The van der Waals surface area contributed by atoms with Crippen LogP contribution in [-0.4, -0.2) is 23.4 Å². The molecule has 0 amide bonds. The van der Waals surface area contributed by atoms with Crippen molar-refractivity contribution in [2.24, 2.45) is 0 Å². The molecule has 4 nitrogen and oxygen atoms in total. The average Bonchev–Trinajstić information content (AvgIpc) is 2.50. The van der Waals surface area contributed by atoms with Crippen LogP contribution in [0.5, 0.6) is 0 Å². The van der Waals surface area contributed by atoms with Crippen LogP contribution in [0.1, 0.15) is 22.7 Å². The summed E-state index contributed by atoms with van der Waals surface area (Å²) in [6.45, 7) is 1.07. The van der Waals surface area contributed by atoms with E-state index in [0.717, 1.165) is 24.9 Å². The molecule has 0 fully saturated rings. The third kappa shape index (κ3) is 1.79. The van der Waals surface area contributed by atoms with Crippen LogP contribution in [-0.2, 0) is 12.8 Å². The first kappa shape index (κ1) is 12.5. The SMILES string of the molecule is CN1CCc2cccc3c2C1Cc1ccc([N+](=O)[O-])cc1-3. The van der Waals surface area contributed by atoms with Crippen molar-refractivity contribution in [3.8, 4) is 11.1 Å². The van der Waals surface area contributed by atoms with Gasteiger partial charge in [-0.2, -0.15) is 0 Å². The number of rotatable bonds is 1. The van der Waals surface area contributed by atoms with Crippen LogP contribution in [0.4, 0.5) is 5.69 Å². The predicted molar refractivity (Wildman–Crippen MR) is 81.3 cm³/mol. The second kappa shape index (κ2) is 4.40. The van der Waals surface area contributed by atoms with Gasteiger partial charge >= 0.3 is 0 Å². The fourth-order valence-electron chi connectivity index (χ4n) is 3.71. The van der Waals surface area contributed by atoms with Gasteiger partial charge in [0.05, 0.1) is 4.92 Å². The summed E-state index contributed by atoms with van der Waals surface area (Å²) in [6, 6.07) is 12.1. The van der Waals surface area contributed by atoms with Gasteiger partial charge < -0.3 is 0 Å². The Morgan fingerprint density at radius 1 is 1.19 bits per heavy atom. The van der Waals surface area contributed by atoms with Crippen LogP contribution in [0.3, 0.4) is 0 Å². The highest BCUT2D eigenvalue weighted by Crippen LogP contribution is 2.45. The zero-order valence-electron chi connectivity index (χ0n) is 11.9. The van der Waals surface area contributed by atoms with E-state index in [1.807, 2.05) is 6.07 Å². The van der Waals surface area contributed by atoms with Gasteiger partial charge in [-0.1, -0.05) is 24.3 Å². The number of hydrogen-bond acceptors (Lipinski definition) is 3. The summed E-state index contributed by atoms with van der Waals surface area (Å²) in [5.74, 6) is 0. The number of fused-ring (bicyclic) bond motifs is 2. The van der Waals surface area contributed by atoms with Gasteiger partial charge in [-0.25, -0.2) is 0 Å². The highest BCUT2D eigenvalue weighted by molar-refractivity contribution is 5.77. The van der Waals surface area contributed by atoms with Gasteiger partial charge in [-0.3, -0.25) is 15.0 Å². The van der Waals surface area contributed by atoms with Crippen molar-refractivity contribution in [1.29, 1.82) is 0 Å². The molecule has 0 aromatic heterocycles. The summed E-state index contributed by atoms with van der Waals surface area (Å²) in [6.07, 6.45) is 1.99. The number of likely N-dealkylation sites (N-methyl/N-ethyl adjacent to an activating group) is 1. The Balaban J connectivity index is 1.97. The molecule has 0 bridgehead atoms. The van der Waals surface area contributed by atoms with Crippen molar-refractivity contribution in [2.45, 2.75) is 18.9 Å². The Morgan fingerprint density at radius 2 is 2.05 bits per heavy atom. The van der Waals surface area contributed by atoms with Crippen molar-refractivity contribution in [3.63, 3.8) is 0 Å². The largest absolute Gasteiger partial charge is 0.299 e. The molecule has 1 aliphatic carbocycles. The van der Waals surface area contributed by atoms with Crippen molar-refractivity contribution in [2.75, 3.05) is 13.6 Å². The molecule has 0 spiro atoms. The molecule has 1 aliphatic heterocycles. The van der Waals surface area contributed by atoms with E-state index in [0.29, 0.717) is 6.04 Å². The molecule has 2 aliphatic rings. The van der Waals surface area contributed by atoms with E-state index in [-0.39, 0.29) is 10.6 Å². The average molecular weight is 280 g/mol. The smallest absolute Gasteiger partial charge is 0.270 e. The minimum absolute atomic E-state index is 0.175. The molecule has 2 aromatic carbocycles. The summed E-state index contributed by atoms with van der Waals surface area (Å²) < 4.78 is 0. The second-order valence-corrected chi connectivity index (χ2v) is 5.93. The maximum absolute atomic E-state index is 11.0. The Hall–Kier alpha value is -2.20. The van der Waals surface area contributed by atoms with Gasteiger partial charge in [0.25, 0.3) is 5.69 Å². The Bertz CT molecular complexity index is 754. The molecule has 1 atom stereocenters. The van der Waals surface area contributed by atoms with E-state index >= 15 is 0 Å². The van der Waals surface area contributed by atoms with E-state index in [9.17, 15) is 10.1 Å². The minimum atomic E-state index is -0.312. The first-order valence-corrected chi connectivity index (χ1v) is 7.25. The number of non-ortho nitro benzene ring substituents is 1. The topological polar surface area (TPSA) is 46.4 Å². The van der Waals surface area contributed by atoms with Crippen molar-refractivity contribution >= 4 is 5.69 Å². The van der Waals surface area contributed by atoms with Crippen molar-refractivity contribution < 1.29 is 4.92 Å². The molecule has 4 rings (SSSR count).